The summed E-state index contributed by atoms with van der Waals surface area (Å²) in [6.45, 7) is 0.160. The molecule has 6 nitrogen and oxygen atoms in total. The predicted molar refractivity (Wildman–Crippen MR) is 94.2 cm³/mol. The number of nitrogens with one attached hydrogen (secondary N) is 1. The van der Waals surface area contributed by atoms with Gasteiger partial charge >= 0.3 is 6.09 Å². The Morgan fingerprint density at radius 2 is 2.04 bits per heavy atom. The molecular formula is C18H18N4O2. The van der Waals surface area contributed by atoms with Gasteiger partial charge in [0.1, 0.15) is 0 Å². The Balaban J connectivity index is 1.97. The van der Waals surface area contributed by atoms with Crippen molar-refractivity contribution in [3.63, 3.8) is 0 Å². The highest BCUT2D eigenvalue weighted by Crippen LogP contribution is 2.24. The van der Waals surface area contributed by atoms with E-state index in [1.807, 2.05) is 55.4 Å². The molecule has 0 spiro atoms. The molecule has 0 unspecified atom stereocenters. The van der Waals surface area contributed by atoms with Crippen molar-refractivity contribution in [3.05, 3.63) is 54.4 Å². The molecule has 0 radical (unpaired) electrons. The largest absolute Gasteiger partial charge is 0.465 e. The van der Waals surface area contributed by atoms with E-state index in [0.29, 0.717) is 5.69 Å². The number of rotatable bonds is 4. The van der Waals surface area contributed by atoms with Gasteiger partial charge in [0.05, 0.1) is 23.4 Å². The lowest BCUT2D eigenvalue weighted by Gasteiger charge is -2.13. The number of pyridine rings is 2. The quantitative estimate of drug-likeness (QED) is 0.771. The maximum Gasteiger partial charge on any atom is 0.404 e. The minimum Gasteiger partial charge on any atom is -0.465 e. The Kier molecular flexibility index (Phi) is 4.29. The summed E-state index contributed by atoms with van der Waals surface area (Å²) in [5.41, 5.74) is 4.44. The van der Waals surface area contributed by atoms with Gasteiger partial charge in [-0.2, -0.15) is 0 Å². The number of hydrogen-bond donors (Lipinski definition) is 2. The summed E-state index contributed by atoms with van der Waals surface area (Å²) in [6.07, 6.45) is 0.639. The molecule has 2 aromatic heterocycles. The molecule has 6 heteroatoms. The van der Waals surface area contributed by atoms with Crippen LogP contribution in [0.25, 0.3) is 22.2 Å². The number of fused-ring (bicyclic) bond motifs is 1. The van der Waals surface area contributed by atoms with Gasteiger partial charge in [-0.3, -0.25) is 4.98 Å². The van der Waals surface area contributed by atoms with Crippen LogP contribution in [0.5, 0.6) is 0 Å². The first kappa shape index (κ1) is 15.7. The standard InChI is InChI=1S/C18H18N4O2/c1-22(2)15-5-3-4-12(8-15)16-7-6-13-10-19-14(9-17(13)21-16)11-20-18(23)24/h3-10,20H,11H2,1-2H3,(H,23,24). The van der Waals surface area contributed by atoms with Crippen molar-refractivity contribution in [2.45, 2.75) is 6.54 Å². The van der Waals surface area contributed by atoms with Crippen LogP contribution in [0.1, 0.15) is 5.69 Å². The number of carboxylic acid groups (broad SMARTS) is 1. The molecule has 0 aliphatic carbocycles. The van der Waals surface area contributed by atoms with E-state index in [2.05, 4.69) is 16.4 Å². The second kappa shape index (κ2) is 6.54. The summed E-state index contributed by atoms with van der Waals surface area (Å²) in [5, 5.41) is 11.9. The Bertz CT molecular complexity index is 893. The Morgan fingerprint density at radius 1 is 1.21 bits per heavy atom. The number of amides is 1. The fraction of sp³-hybridized carbons (Fsp3) is 0.167. The van der Waals surface area contributed by atoms with E-state index in [4.69, 9.17) is 10.1 Å². The topological polar surface area (TPSA) is 78.4 Å². The van der Waals surface area contributed by atoms with E-state index in [9.17, 15) is 4.79 Å². The number of anilines is 1. The zero-order chi connectivity index (χ0) is 17.1. The number of benzene rings is 1. The third-order valence-corrected chi connectivity index (χ3v) is 3.71. The van der Waals surface area contributed by atoms with Crippen LogP contribution in [-0.4, -0.2) is 35.3 Å². The number of hydrogen-bond acceptors (Lipinski definition) is 4. The first-order valence-corrected chi connectivity index (χ1v) is 7.53. The molecule has 3 rings (SSSR count). The fourth-order valence-corrected chi connectivity index (χ4v) is 2.43. The molecule has 0 saturated carbocycles. The summed E-state index contributed by atoms with van der Waals surface area (Å²) >= 11 is 0. The highest BCUT2D eigenvalue weighted by atomic mass is 16.4. The van der Waals surface area contributed by atoms with Crippen molar-refractivity contribution in [2.75, 3.05) is 19.0 Å². The molecule has 1 aromatic carbocycles. The monoisotopic (exact) mass is 322 g/mol. The van der Waals surface area contributed by atoms with Crippen molar-refractivity contribution < 1.29 is 9.90 Å². The van der Waals surface area contributed by atoms with E-state index in [0.717, 1.165) is 27.8 Å². The molecule has 3 aromatic rings. The van der Waals surface area contributed by atoms with Crippen LogP contribution in [0.2, 0.25) is 0 Å². The molecular weight excluding hydrogens is 304 g/mol. The average Bonchev–Trinajstić information content (AvgIpc) is 2.59. The van der Waals surface area contributed by atoms with Gasteiger partial charge in [0.25, 0.3) is 0 Å². The van der Waals surface area contributed by atoms with Crippen molar-refractivity contribution in [1.29, 1.82) is 0 Å². The number of carbonyl (C=O) groups is 1. The average molecular weight is 322 g/mol. The summed E-state index contributed by atoms with van der Waals surface area (Å²) in [7, 11) is 4.00. The molecule has 24 heavy (non-hydrogen) atoms. The van der Waals surface area contributed by atoms with Gasteiger partial charge in [0.2, 0.25) is 0 Å². The molecule has 0 saturated heterocycles. The number of aromatic nitrogens is 2. The van der Waals surface area contributed by atoms with Gasteiger partial charge in [0.15, 0.2) is 0 Å². The van der Waals surface area contributed by atoms with Crippen LogP contribution < -0.4 is 10.2 Å². The van der Waals surface area contributed by atoms with Gasteiger partial charge in [0, 0.05) is 36.9 Å². The third kappa shape index (κ3) is 3.43. The van der Waals surface area contributed by atoms with Crippen molar-refractivity contribution in [2.24, 2.45) is 0 Å². The molecule has 0 aliphatic rings. The Morgan fingerprint density at radius 3 is 2.79 bits per heavy atom. The SMILES string of the molecule is CN(C)c1cccc(-c2ccc3cnc(CNC(=O)O)cc3n2)c1. The van der Waals surface area contributed by atoms with E-state index in [-0.39, 0.29) is 6.54 Å². The summed E-state index contributed by atoms with van der Waals surface area (Å²) < 4.78 is 0. The van der Waals surface area contributed by atoms with Crippen molar-refractivity contribution in [3.8, 4) is 11.3 Å². The molecule has 1 amide bonds. The normalized spacial score (nSPS) is 10.6. The predicted octanol–water partition coefficient (Wildman–Crippen LogP) is 3.13. The lowest BCUT2D eigenvalue weighted by atomic mass is 10.1. The van der Waals surface area contributed by atoms with Gasteiger partial charge < -0.3 is 15.3 Å². The van der Waals surface area contributed by atoms with Gasteiger partial charge in [-0.15, -0.1) is 0 Å². The van der Waals surface area contributed by atoms with Crippen LogP contribution in [0, 0.1) is 0 Å². The molecule has 122 valence electrons. The Hall–Kier alpha value is -3.15. The molecule has 0 atom stereocenters. The van der Waals surface area contributed by atoms with E-state index >= 15 is 0 Å². The van der Waals surface area contributed by atoms with Crippen LogP contribution >= 0.6 is 0 Å². The van der Waals surface area contributed by atoms with Crippen molar-refractivity contribution in [1.82, 2.24) is 15.3 Å². The lowest BCUT2D eigenvalue weighted by molar-refractivity contribution is 0.194. The molecule has 0 bridgehead atoms. The lowest BCUT2D eigenvalue weighted by Crippen LogP contribution is -2.20. The zero-order valence-electron chi connectivity index (χ0n) is 13.5. The van der Waals surface area contributed by atoms with Crippen LogP contribution in [0.4, 0.5) is 10.5 Å². The summed E-state index contributed by atoms with van der Waals surface area (Å²) in [4.78, 5) is 21.6. The fourth-order valence-electron chi connectivity index (χ4n) is 2.43. The zero-order valence-corrected chi connectivity index (χ0v) is 13.5. The minimum absolute atomic E-state index is 0.160. The van der Waals surface area contributed by atoms with E-state index < -0.39 is 6.09 Å². The number of nitrogens with zero attached hydrogens (tertiary/aromatic N) is 3. The first-order valence-electron chi connectivity index (χ1n) is 7.53. The maximum absolute atomic E-state index is 10.6. The highest BCUT2D eigenvalue weighted by molar-refractivity contribution is 5.81. The highest BCUT2D eigenvalue weighted by Gasteiger charge is 2.06. The minimum atomic E-state index is -1.07. The van der Waals surface area contributed by atoms with Gasteiger partial charge in [-0.05, 0) is 30.3 Å². The van der Waals surface area contributed by atoms with E-state index in [1.165, 1.54) is 0 Å². The molecule has 0 aliphatic heterocycles. The van der Waals surface area contributed by atoms with Gasteiger partial charge in [-0.25, -0.2) is 9.78 Å². The molecule has 2 N–H and O–H groups in total. The smallest absolute Gasteiger partial charge is 0.404 e. The third-order valence-electron chi connectivity index (χ3n) is 3.71. The molecule has 0 fully saturated rings. The van der Waals surface area contributed by atoms with Gasteiger partial charge in [-0.1, -0.05) is 12.1 Å². The van der Waals surface area contributed by atoms with Crippen LogP contribution in [-0.2, 0) is 6.54 Å². The second-order valence-corrected chi connectivity index (χ2v) is 5.67. The molecule has 2 heterocycles. The summed E-state index contributed by atoms with van der Waals surface area (Å²) in [6, 6.07) is 13.9. The van der Waals surface area contributed by atoms with Crippen LogP contribution in [0.15, 0.2) is 48.7 Å². The summed E-state index contributed by atoms with van der Waals surface area (Å²) in [5.74, 6) is 0. The second-order valence-electron chi connectivity index (χ2n) is 5.67. The first-order chi connectivity index (χ1) is 11.5. The maximum atomic E-state index is 10.6. The van der Waals surface area contributed by atoms with Crippen LogP contribution in [0.3, 0.4) is 0 Å². The Labute approximate surface area is 139 Å². The van der Waals surface area contributed by atoms with Crippen molar-refractivity contribution >= 4 is 22.7 Å². The van der Waals surface area contributed by atoms with E-state index in [1.54, 1.807) is 6.20 Å².